The van der Waals surface area contributed by atoms with Crippen molar-refractivity contribution in [3.63, 3.8) is 0 Å². The number of amides is 2. The first kappa shape index (κ1) is 30.0. The Bertz CT molecular complexity index is 1600. The van der Waals surface area contributed by atoms with Crippen molar-refractivity contribution < 1.29 is 32.2 Å². The molecule has 12 heteroatoms. The molecule has 5 rings (SSSR count). The Morgan fingerprint density at radius 2 is 1.86 bits per heavy atom. The molecule has 1 N–H and O–H groups in total. The summed E-state index contributed by atoms with van der Waals surface area (Å²) >= 11 is 0. The van der Waals surface area contributed by atoms with Crippen molar-refractivity contribution in [2.45, 2.75) is 44.9 Å². The van der Waals surface area contributed by atoms with Crippen LogP contribution in [-0.2, 0) is 17.5 Å². The molecule has 226 valence electrons. The Hall–Kier alpha value is -4.45. The molecule has 1 aliphatic heterocycles. The molecule has 2 aromatic heterocycles. The van der Waals surface area contributed by atoms with Crippen LogP contribution in [0.3, 0.4) is 0 Å². The summed E-state index contributed by atoms with van der Waals surface area (Å²) in [4.78, 5) is 31.5. The van der Waals surface area contributed by atoms with Gasteiger partial charge >= 0.3 is 6.18 Å². The first-order chi connectivity index (χ1) is 20.6. The summed E-state index contributed by atoms with van der Waals surface area (Å²) in [5.41, 5.74) is 1.58. The number of carbonyl (C=O) groups excluding carboxylic acids is 2. The van der Waals surface area contributed by atoms with Crippen LogP contribution in [0.25, 0.3) is 10.9 Å². The summed E-state index contributed by atoms with van der Waals surface area (Å²) in [6.45, 7) is 3.84. The molecule has 0 radical (unpaired) electrons. The van der Waals surface area contributed by atoms with E-state index in [4.69, 9.17) is 14.6 Å². The van der Waals surface area contributed by atoms with Crippen LogP contribution in [0, 0.1) is 6.92 Å². The minimum atomic E-state index is -4.58. The van der Waals surface area contributed by atoms with Crippen molar-refractivity contribution in [2.75, 3.05) is 26.8 Å². The van der Waals surface area contributed by atoms with Crippen molar-refractivity contribution in [1.29, 1.82) is 0 Å². The number of fused-ring (bicyclic) bond motifs is 1. The Balaban J connectivity index is 1.28. The van der Waals surface area contributed by atoms with Gasteiger partial charge in [-0.3, -0.25) is 14.3 Å². The third kappa shape index (κ3) is 6.96. The zero-order valence-corrected chi connectivity index (χ0v) is 23.9. The molecule has 3 heterocycles. The van der Waals surface area contributed by atoms with Crippen LogP contribution >= 0.6 is 0 Å². The SMILES string of the molecule is COCCNC(=O)c1ccc2nn(CC3CCCCN3C(=O)c3ccc(Oc4cccc(C(F)(F)F)n4)cc3)cc2c1C. The van der Waals surface area contributed by atoms with Crippen LogP contribution in [0.4, 0.5) is 13.2 Å². The maximum Gasteiger partial charge on any atom is 0.433 e. The van der Waals surface area contributed by atoms with Crippen LogP contribution in [0.15, 0.2) is 60.8 Å². The van der Waals surface area contributed by atoms with Gasteiger partial charge in [-0.05, 0) is 74.2 Å². The van der Waals surface area contributed by atoms with Crippen LogP contribution in [0.1, 0.15) is 51.2 Å². The summed E-state index contributed by atoms with van der Waals surface area (Å²) in [7, 11) is 1.58. The minimum Gasteiger partial charge on any atom is -0.439 e. The number of nitrogens with one attached hydrogen (secondary N) is 1. The lowest BCUT2D eigenvalue weighted by atomic mass is 10.0. The zero-order valence-electron chi connectivity index (χ0n) is 23.9. The molecular formula is C31H32F3N5O4. The number of aromatic nitrogens is 3. The standard InChI is InChI=1S/C31H32F3N5O4/c1-20-24(29(40)35-15-17-42-2)13-14-26-25(20)19-38(37-26)18-22-6-3-4-16-39(22)30(41)21-9-11-23(12-10-21)43-28-8-5-7-27(36-28)31(32,33)34/h5,7-14,19,22H,3-4,6,15-18H2,1-2H3,(H,35,40). The number of benzene rings is 2. The number of methoxy groups -OCH3 is 1. The van der Waals surface area contributed by atoms with Gasteiger partial charge in [0.25, 0.3) is 11.8 Å². The number of likely N-dealkylation sites (tertiary alicyclic amines) is 1. The van der Waals surface area contributed by atoms with E-state index >= 15 is 0 Å². The second kappa shape index (κ2) is 12.8. The fourth-order valence-electron chi connectivity index (χ4n) is 5.24. The van der Waals surface area contributed by atoms with Gasteiger partial charge in [0.15, 0.2) is 0 Å². The summed E-state index contributed by atoms with van der Waals surface area (Å²) in [6.07, 6.45) is 0.0212. The largest absolute Gasteiger partial charge is 0.439 e. The molecule has 2 aromatic carbocycles. The smallest absolute Gasteiger partial charge is 0.433 e. The van der Waals surface area contributed by atoms with Gasteiger partial charge < -0.3 is 19.7 Å². The van der Waals surface area contributed by atoms with Crippen molar-refractivity contribution in [2.24, 2.45) is 0 Å². The molecular weight excluding hydrogens is 563 g/mol. The molecule has 1 fully saturated rings. The molecule has 0 aliphatic carbocycles. The Morgan fingerprint density at radius 1 is 1.07 bits per heavy atom. The number of hydrogen-bond acceptors (Lipinski definition) is 6. The molecule has 4 aromatic rings. The highest BCUT2D eigenvalue weighted by Gasteiger charge is 2.33. The normalized spacial score (nSPS) is 15.5. The number of halogens is 3. The number of nitrogens with zero attached hydrogens (tertiary/aromatic N) is 4. The van der Waals surface area contributed by atoms with E-state index in [-0.39, 0.29) is 29.5 Å². The van der Waals surface area contributed by atoms with Gasteiger partial charge in [0.2, 0.25) is 5.88 Å². The molecule has 2 amide bonds. The minimum absolute atomic E-state index is 0.0853. The van der Waals surface area contributed by atoms with Gasteiger partial charge in [-0.15, -0.1) is 0 Å². The number of carbonyl (C=O) groups is 2. The number of hydrogen-bond donors (Lipinski definition) is 1. The number of piperidine rings is 1. The molecule has 0 spiro atoms. The molecule has 1 saturated heterocycles. The van der Waals surface area contributed by atoms with Crippen molar-refractivity contribution >= 4 is 22.7 Å². The topological polar surface area (TPSA) is 98.6 Å². The van der Waals surface area contributed by atoms with E-state index in [1.807, 2.05) is 28.8 Å². The van der Waals surface area contributed by atoms with Crippen molar-refractivity contribution in [1.82, 2.24) is 25.0 Å². The van der Waals surface area contributed by atoms with Crippen LogP contribution in [0.2, 0.25) is 0 Å². The fraction of sp³-hybridized carbons (Fsp3) is 0.355. The lowest BCUT2D eigenvalue weighted by Gasteiger charge is -2.35. The quantitative estimate of drug-likeness (QED) is 0.252. The summed E-state index contributed by atoms with van der Waals surface area (Å²) in [6, 6.07) is 13.2. The third-order valence-corrected chi connectivity index (χ3v) is 7.47. The van der Waals surface area contributed by atoms with E-state index in [2.05, 4.69) is 10.3 Å². The summed E-state index contributed by atoms with van der Waals surface area (Å²) in [5, 5.41) is 8.44. The molecule has 1 unspecified atom stereocenters. The monoisotopic (exact) mass is 595 g/mol. The molecule has 1 atom stereocenters. The van der Waals surface area contributed by atoms with E-state index in [1.54, 1.807) is 37.4 Å². The average molecular weight is 596 g/mol. The first-order valence-corrected chi connectivity index (χ1v) is 14.0. The van der Waals surface area contributed by atoms with Gasteiger partial charge in [-0.1, -0.05) is 6.07 Å². The summed E-state index contributed by atoms with van der Waals surface area (Å²) < 4.78 is 51.3. The molecule has 43 heavy (non-hydrogen) atoms. The number of ether oxygens (including phenoxy) is 2. The first-order valence-electron chi connectivity index (χ1n) is 14.0. The average Bonchev–Trinajstić information content (AvgIpc) is 3.41. The number of alkyl halides is 3. The van der Waals surface area contributed by atoms with Crippen LogP contribution in [-0.4, -0.2) is 64.3 Å². The molecule has 0 bridgehead atoms. The number of pyridine rings is 1. The molecule has 0 saturated carbocycles. The Labute approximate surface area is 246 Å². The van der Waals surface area contributed by atoms with Crippen molar-refractivity contribution in [3.8, 4) is 11.6 Å². The van der Waals surface area contributed by atoms with Gasteiger partial charge in [-0.25, -0.2) is 4.98 Å². The van der Waals surface area contributed by atoms with E-state index in [1.165, 1.54) is 12.1 Å². The van der Waals surface area contributed by atoms with E-state index < -0.39 is 11.9 Å². The van der Waals surface area contributed by atoms with Gasteiger partial charge in [0, 0.05) is 49.0 Å². The third-order valence-electron chi connectivity index (χ3n) is 7.47. The summed E-state index contributed by atoms with van der Waals surface area (Å²) in [5.74, 6) is -0.235. The van der Waals surface area contributed by atoms with Crippen LogP contribution < -0.4 is 10.1 Å². The van der Waals surface area contributed by atoms with Crippen LogP contribution in [0.5, 0.6) is 11.6 Å². The van der Waals surface area contributed by atoms with E-state index in [0.717, 1.165) is 41.8 Å². The maximum absolute atomic E-state index is 13.5. The fourth-order valence-corrected chi connectivity index (χ4v) is 5.24. The predicted molar refractivity (Wildman–Crippen MR) is 153 cm³/mol. The highest BCUT2D eigenvalue weighted by Crippen LogP contribution is 2.30. The second-order valence-electron chi connectivity index (χ2n) is 10.4. The zero-order chi connectivity index (χ0) is 30.6. The molecule has 9 nitrogen and oxygen atoms in total. The number of rotatable bonds is 9. The van der Waals surface area contributed by atoms with Gasteiger partial charge in [-0.2, -0.15) is 18.3 Å². The highest BCUT2D eigenvalue weighted by molar-refractivity contribution is 6.00. The lowest BCUT2D eigenvalue weighted by molar-refractivity contribution is -0.141. The second-order valence-corrected chi connectivity index (χ2v) is 10.4. The van der Waals surface area contributed by atoms with E-state index in [0.29, 0.717) is 37.4 Å². The lowest BCUT2D eigenvalue weighted by Crippen LogP contribution is -2.45. The number of aryl methyl sites for hydroxylation is 1. The predicted octanol–water partition coefficient (Wildman–Crippen LogP) is 5.62. The van der Waals surface area contributed by atoms with E-state index in [9.17, 15) is 22.8 Å². The van der Waals surface area contributed by atoms with Crippen molar-refractivity contribution in [3.05, 3.63) is 83.2 Å². The van der Waals surface area contributed by atoms with Gasteiger partial charge in [0.05, 0.1) is 24.7 Å². The maximum atomic E-state index is 13.5. The van der Waals surface area contributed by atoms with Gasteiger partial charge in [0.1, 0.15) is 11.4 Å². The Morgan fingerprint density at radius 3 is 2.60 bits per heavy atom. The Kier molecular flexibility index (Phi) is 8.95. The highest BCUT2D eigenvalue weighted by atomic mass is 19.4. The molecule has 1 aliphatic rings.